The Hall–Kier alpha value is -13.0. The molecule has 2 aliphatic heterocycles. The van der Waals surface area contributed by atoms with Crippen molar-refractivity contribution < 1.29 is 18.6 Å². The van der Waals surface area contributed by atoms with Crippen molar-refractivity contribution in [3.05, 3.63) is 342 Å². The Kier molecular flexibility index (Phi) is 20.6. The largest absolute Gasteiger partial charge is 0.494 e. The van der Waals surface area contributed by atoms with Gasteiger partial charge in [-0.15, -0.1) is 0 Å². The first kappa shape index (κ1) is 78.6. The summed E-state index contributed by atoms with van der Waals surface area (Å²) in [6.07, 6.45) is 0. The minimum absolute atomic E-state index is 0.202. The average Bonchev–Trinajstić information content (AvgIpc) is 1.57. The van der Waals surface area contributed by atoms with Gasteiger partial charge in [-0.2, -0.15) is 20.5 Å². The maximum Gasteiger partial charge on any atom is 0.494 e. The van der Waals surface area contributed by atoms with E-state index in [1.807, 2.05) is 158 Å². The maximum absolute atomic E-state index is 9.75. The van der Waals surface area contributed by atoms with Crippen LogP contribution in [0.4, 0.5) is 0 Å². The Morgan fingerprint density at radius 2 is 0.521 bits per heavy atom. The normalized spacial score (nSPS) is 15.5. The Balaban J connectivity index is 0.000000145. The first-order valence-electron chi connectivity index (χ1n) is 40.1. The molecule has 0 saturated carbocycles. The van der Waals surface area contributed by atoms with E-state index in [4.69, 9.17) is 50.2 Å². The van der Waals surface area contributed by atoms with Gasteiger partial charge in [0.1, 0.15) is 0 Å². The highest BCUT2D eigenvalue weighted by atomic mass is 35.5. The van der Waals surface area contributed by atoms with E-state index in [9.17, 15) is 10.5 Å². The summed E-state index contributed by atoms with van der Waals surface area (Å²) in [4.78, 5) is 33.5. The third-order valence-corrected chi connectivity index (χ3v) is 24.3. The van der Waals surface area contributed by atoms with Crippen molar-refractivity contribution in [1.29, 1.82) is 10.5 Å². The standard InChI is InChI=1S/C54H37N5.C34H39B2NO4.C15H10ClN3/c1-54(2)46-27-35(34-55)23-25-44(46)45-26-24-40(31-47(45)54)41-28-42(50-32-48(36-15-7-3-8-16-36)56-52(58-50)38-19-11-5-12-20-38)30-43(29-41)51-33-49(37-17-9-4-10-18-37)57-53(59-51)39-21-13-6-14-22-39;1-30(2)28-15-21(20-37)11-13-26(28)27-14-12-22(18-29(27)30)23-16-24(35-38-31(3,4)32(5,6)39-35)19-25(17-23)36-40-33(7,8)34(9,10)41-36;16-15-18-13(11-7-3-1-4-8-11)17-14(19-15)12-9-5-2-6-10-12/h3-33H,1-2H3;11-19H,1-10H3;1-10H. The Morgan fingerprint density at radius 1 is 0.252 bits per heavy atom. The van der Waals surface area contributed by atoms with Gasteiger partial charge in [0.05, 0.1) is 68.4 Å². The van der Waals surface area contributed by atoms with Gasteiger partial charge in [0.25, 0.3) is 0 Å². The first-order chi connectivity index (χ1) is 57.2. The summed E-state index contributed by atoms with van der Waals surface area (Å²) in [5.41, 5.74) is 25.7. The van der Waals surface area contributed by atoms with E-state index in [0.29, 0.717) is 34.4 Å². The molecule has 16 heteroatoms. The monoisotopic (exact) mass is 1570 g/mol. The molecule has 0 unspecified atom stereocenters. The van der Waals surface area contributed by atoms with Crippen molar-refractivity contribution in [2.24, 2.45) is 0 Å². The van der Waals surface area contributed by atoms with Crippen molar-refractivity contribution in [1.82, 2.24) is 34.9 Å². The predicted molar refractivity (Wildman–Crippen MR) is 479 cm³/mol. The van der Waals surface area contributed by atoms with Crippen molar-refractivity contribution in [3.63, 3.8) is 0 Å². The molecule has 12 aromatic carbocycles. The molecule has 15 aromatic rings. The minimum Gasteiger partial charge on any atom is -0.399 e. The molecule has 119 heavy (non-hydrogen) atoms. The van der Waals surface area contributed by atoms with Crippen LogP contribution in [-0.2, 0) is 29.4 Å². The molecule has 2 fully saturated rings. The molecule has 3 aromatic heterocycles. The van der Waals surface area contributed by atoms with Gasteiger partial charge < -0.3 is 18.6 Å². The molecule has 2 saturated heterocycles. The lowest BCUT2D eigenvalue weighted by atomic mass is 9.70. The fourth-order valence-electron chi connectivity index (χ4n) is 16.1. The molecule has 2 aliphatic carbocycles. The SMILES string of the molecule is CC1(C)c2cc(C#N)ccc2-c2ccc(-c3cc(-c4cc(-c5ccccc5)nc(-c5ccccc5)n4)cc(-c4cc(-c5ccccc5)nc(-c5ccccc5)n4)c3)cc21.CC1(C)c2cc(C#N)ccc2-c2ccc(-c3cc(B4OC(C)(C)C(C)(C)O4)cc(B4OC(C)(C)C(C)(C)O4)c3)cc21.Clc1nc(-c2ccccc2)nc(-c2ccccc2)n1. The van der Waals surface area contributed by atoms with Crippen molar-refractivity contribution >= 4 is 36.8 Å². The topological polar surface area (TPSA) is 175 Å². The lowest BCUT2D eigenvalue weighted by Crippen LogP contribution is -2.41. The third-order valence-electron chi connectivity index (χ3n) is 24.2. The van der Waals surface area contributed by atoms with Crippen LogP contribution in [0.2, 0.25) is 5.28 Å². The minimum atomic E-state index is -0.513. The second-order valence-electron chi connectivity index (χ2n) is 33.8. The highest BCUT2D eigenvalue weighted by molar-refractivity contribution is 6.66. The fourth-order valence-corrected chi connectivity index (χ4v) is 16.2. The number of rotatable bonds is 12. The van der Waals surface area contributed by atoms with Crippen molar-refractivity contribution in [2.75, 3.05) is 0 Å². The lowest BCUT2D eigenvalue weighted by Gasteiger charge is -2.32. The molecule has 0 atom stereocenters. The van der Waals surface area contributed by atoms with E-state index in [1.165, 1.54) is 44.5 Å². The van der Waals surface area contributed by atoms with Crippen LogP contribution >= 0.6 is 11.6 Å². The molecule has 13 nitrogen and oxygen atoms in total. The third kappa shape index (κ3) is 15.4. The quantitative estimate of drug-likeness (QED) is 0.106. The molecule has 0 amide bonds. The first-order valence-corrected chi connectivity index (χ1v) is 40.5. The zero-order valence-corrected chi connectivity index (χ0v) is 69.3. The molecule has 5 heterocycles. The van der Waals surface area contributed by atoms with Crippen LogP contribution in [0.25, 0.3) is 135 Å². The fraction of sp³-hybridized carbons (Fsp3) is 0.175. The molecule has 0 N–H and O–H groups in total. The maximum atomic E-state index is 9.75. The van der Waals surface area contributed by atoms with Gasteiger partial charge in [-0.25, -0.2) is 24.9 Å². The number of halogens is 1. The van der Waals surface area contributed by atoms with Crippen LogP contribution in [0.5, 0.6) is 0 Å². The highest BCUT2D eigenvalue weighted by Crippen LogP contribution is 2.53. The summed E-state index contributed by atoms with van der Waals surface area (Å²) >= 11 is 5.99. The van der Waals surface area contributed by atoms with Crippen LogP contribution in [0.3, 0.4) is 0 Å². The van der Waals surface area contributed by atoms with Gasteiger partial charge in [-0.1, -0.05) is 264 Å². The average molecular weight is 1570 g/mol. The summed E-state index contributed by atoms with van der Waals surface area (Å²) in [6, 6.07) is 108. The summed E-state index contributed by atoms with van der Waals surface area (Å²) in [7, 11) is -1.03. The zero-order chi connectivity index (χ0) is 82.8. The number of hydrogen-bond acceptors (Lipinski definition) is 13. The number of fused-ring (bicyclic) bond motifs is 6. The Labute approximate surface area is 701 Å². The van der Waals surface area contributed by atoms with Crippen LogP contribution in [0.15, 0.2) is 303 Å². The smallest absolute Gasteiger partial charge is 0.399 e. The Bertz CT molecular complexity index is 6090. The lowest BCUT2D eigenvalue weighted by molar-refractivity contribution is 0.00578. The van der Waals surface area contributed by atoms with Crippen LogP contribution in [0, 0.1) is 22.7 Å². The van der Waals surface area contributed by atoms with Crippen LogP contribution < -0.4 is 10.9 Å². The molecule has 4 aliphatic rings. The predicted octanol–water partition coefficient (Wildman–Crippen LogP) is 23.1. The molecule has 0 spiro atoms. The van der Waals surface area contributed by atoms with E-state index in [1.54, 1.807) is 0 Å². The van der Waals surface area contributed by atoms with Crippen LogP contribution in [0.1, 0.15) is 116 Å². The van der Waals surface area contributed by atoms with Crippen molar-refractivity contribution in [2.45, 2.75) is 116 Å². The number of benzene rings is 12. The van der Waals surface area contributed by atoms with Gasteiger partial charge in [0.15, 0.2) is 23.3 Å². The summed E-state index contributed by atoms with van der Waals surface area (Å²) < 4.78 is 25.9. The van der Waals surface area contributed by atoms with Gasteiger partial charge in [0, 0.05) is 55.3 Å². The van der Waals surface area contributed by atoms with Crippen LogP contribution in [-0.4, -0.2) is 71.5 Å². The van der Waals surface area contributed by atoms with E-state index in [2.05, 4.69) is 256 Å². The highest BCUT2D eigenvalue weighted by Gasteiger charge is 2.54. The molecular weight excluding hydrogens is 1480 g/mol. The Morgan fingerprint density at radius 3 is 0.840 bits per heavy atom. The van der Waals surface area contributed by atoms with Crippen molar-refractivity contribution in [3.8, 4) is 147 Å². The molecule has 580 valence electrons. The summed E-state index contributed by atoms with van der Waals surface area (Å²) in [6.45, 7) is 25.6. The van der Waals surface area contributed by atoms with E-state index < -0.39 is 36.6 Å². The molecular formula is C103H86B2ClN9O4. The molecule has 19 rings (SSSR count). The van der Waals surface area contributed by atoms with Gasteiger partial charge in [-0.05, 0) is 211 Å². The van der Waals surface area contributed by atoms with E-state index in [0.717, 1.165) is 100 Å². The van der Waals surface area contributed by atoms with Gasteiger partial charge in [0.2, 0.25) is 5.28 Å². The second-order valence-corrected chi connectivity index (χ2v) is 34.1. The van der Waals surface area contributed by atoms with Gasteiger partial charge in [-0.3, -0.25) is 0 Å². The molecule has 0 bridgehead atoms. The van der Waals surface area contributed by atoms with E-state index in [-0.39, 0.29) is 16.1 Å². The summed E-state index contributed by atoms with van der Waals surface area (Å²) in [5.74, 6) is 2.48. The van der Waals surface area contributed by atoms with E-state index >= 15 is 0 Å². The molecule has 0 radical (unpaired) electrons. The van der Waals surface area contributed by atoms with Gasteiger partial charge >= 0.3 is 14.2 Å². The second kappa shape index (κ2) is 31.2. The zero-order valence-electron chi connectivity index (χ0n) is 68.6. The number of hydrogen-bond donors (Lipinski definition) is 0. The number of nitrogens with zero attached hydrogens (tertiary/aromatic N) is 9. The number of aromatic nitrogens is 7. The summed E-state index contributed by atoms with van der Waals surface area (Å²) in [5, 5.41) is 19.5. The number of nitriles is 2.